The number of nitrogens with zero attached hydrogens (tertiary/aromatic N) is 6. The van der Waals surface area contributed by atoms with Crippen LogP contribution in [0.2, 0.25) is 0 Å². The topological polar surface area (TPSA) is 88.8 Å². The maximum atomic E-state index is 13.9. The van der Waals surface area contributed by atoms with E-state index in [-0.39, 0.29) is 23.8 Å². The van der Waals surface area contributed by atoms with Gasteiger partial charge in [-0.05, 0) is 31.0 Å². The van der Waals surface area contributed by atoms with Crippen LogP contribution in [0, 0.1) is 5.82 Å². The number of pyridine rings is 2. The monoisotopic (exact) mass is 407 g/mol. The summed E-state index contributed by atoms with van der Waals surface area (Å²) in [5.41, 5.74) is 1.13. The molecular weight excluding hydrogens is 385 g/mol. The quantitative estimate of drug-likeness (QED) is 0.709. The molecule has 0 aromatic carbocycles. The summed E-state index contributed by atoms with van der Waals surface area (Å²) in [7, 11) is 0. The van der Waals surface area contributed by atoms with Crippen molar-refractivity contribution in [2.45, 2.75) is 37.9 Å². The fourth-order valence-corrected chi connectivity index (χ4v) is 4.28. The molecule has 1 N–H and O–H groups in total. The molecule has 1 amide bonds. The maximum Gasteiger partial charge on any atom is 0.242 e. The van der Waals surface area contributed by atoms with Gasteiger partial charge < -0.3 is 5.32 Å². The van der Waals surface area contributed by atoms with Crippen LogP contribution < -0.4 is 5.32 Å². The Balaban J connectivity index is 1.33. The normalized spacial score (nSPS) is 18.6. The fourth-order valence-electron chi connectivity index (χ4n) is 4.28. The van der Waals surface area contributed by atoms with E-state index in [1.165, 1.54) is 6.20 Å². The molecule has 0 unspecified atom stereocenters. The van der Waals surface area contributed by atoms with Crippen molar-refractivity contribution in [1.29, 1.82) is 0 Å². The lowest BCUT2D eigenvalue weighted by molar-refractivity contribution is -0.123. The van der Waals surface area contributed by atoms with E-state index in [1.807, 2.05) is 12.1 Å². The number of likely N-dealkylation sites (tertiary alicyclic amines) is 1. The van der Waals surface area contributed by atoms with Gasteiger partial charge in [-0.25, -0.2) is 14.1 Å². The molecule has 3 aromatic rings. The van der Waals surface area contributed by atoms with Crippen molar-refractivity contribution in [1.82, 2.24) is 34.9 Å². The second kappa shape index (κ2) is 7.56. The molecule has 2 aliphatic heterocycles. The van der Waals surface area contributed by atoms with Crippen molar-refractivity contribution in [3.8, 4) is 11.4 Å². The highest BCUT2D eigenvalue weighted by molar-refractivity contribution is 5.77. The number of amides is 1. The highest BCUT2D eigenvalue weighted by Gasteiger charge is 2.40. The number of fused-ring (bicyclic) bond motifs is 1. The van der Waals surface area contributed by atoms with Gasteiger partial charge in [0.2, 0.25) is 5.91 Å². The predicted molar refractivity (Wildman–Crippen MR) is 107 cm³/mol. The molecule has 3 aromatic heterocycles. The number of carbonyl (C=O) groups is 1. The van der Waals surface area contributed by atoms with Crippen LogP contribution in [0.5, 0.6) is 0 Å². The minimum Gasteiger partial charge on any atom is -0.349 e. The van der Waals surface area contributed by atoms with E-state index in [0.717, 1.165) is 37.3 Å². The summed E-state index contributed by atoms with van der Waals surface area (Å²) in [6, 6.07) is 5.47. The molecule has 0 radical (unpaired) electrons. The van der Waals surface area contributed by atoms with Gasteiger partial charge in [0, 0.05) is 61.3 Å². The van der Waals surface area contributed by atoms with Crippen LogP contribution in [0.25, 0.3) is 11.4 Å². The Morgan fingerprint density at radius 1 is 1.13 bits per heavy atom. The second-order valence-electron chi connectivity index (χ2n) is 8.00. The average Bonchev–Trinajstić information content (AvgIpc) is 3.08. The third-order valence-corrected chi connectivity index (χ3v) is 5.93. The molecule has 30 heavy (non-hydrogen) atoms. The van der Waals surface area contributed by atoms with Crippen LogP contribution in [-0.4, -0.2) is 54.2 Å². The zero-order valence-corrected chi connectivity index (χ0v) is 16.5. The summed E-state index contributed by atoms with van der Waals surface area (Å²) >= 11 is 0. The second-order valence-corrected chi connectivity index (χ2v) is 8.00. The van der Waals surface area contributed by atoms with E-state index in [1.54, 1.807) is 29.3 Å². The summed E-state index contributed by atoms with van der Waals surface area (Å²) in [6.45, 7) is 2.24. The van der Waals surface area contributed by atoms with Crippen molar-refractivity contribution in [2.75, 3.05) is 13.1 Å². The Morgan fingerprint density at radius 2 is 1.97 bits per heavy atom. The zero-order valence-electron chi connectivity index (χ0n) is 16.5. The first-order valence-corrected chi connectivity index (χ1v) is 10.1. The Morgan fingerprint density at radius 3 is 2.73 bits per heavy atom. The van der Waals surface area contributed by atoms with Crippen molar-refractivity contribution in [3.63, 3.8) is 0 Å². The Kier molecular flexibility index (Phi) is 4.74. The fraction of sp³-hybridized carbons (Fsp3) is 0.381. The van der Waals surface area contributed by atoms with Crippen LogP contribution in [-0.2, 0) is 24.3 Å². The minimum atomic E-state index is -0.349. The molecule has 5 rings (SSSR count). The smallest absolute Gasteiger partial charge is 0.242 e. The zero-order chi connectivity index (χ0) is 20.6. The summed E-state index contributed by atoms with van der Waals surface area (Å²) in [5, 5.41) is 7.76. The number of aromatic nitrogens is 5. The largest absolute Gasteiger partial charge is 0.349 e. The Hall–Kier alpha value is -3.20. The van der Waals surface area contributed by atoms with Crippen molar-refractivity contribution in [3.05, 3.63) is 60.2 Å². The van der Waals surface area contributed by atoms with Crippen molar-refractivity contribution < 1.29 is 9.18 Å². The third kappa shape index (κ3) is 3.68. The molecule has 0 atom stereocenters. The first-order chi connectivity index (χ1) is 14.6. The van der Waals surface area contributed by atoms with Gasteiger partial charge in [-0.1, -0.05) is 0 Å². The van der Waals surface area contributed by atoms with Crippen LogP contribution in [0.15, 0.2) is 43.0 Å². The van der Waals surface area contributed by atoms with E-state index in [9.17, 15) is 9.18 Å². The van der Waals surface area contributed by atoms with Gasteiger partial charge in [0.25, 0.3) is 0 Å². The third-order valence-electron chi connectivity index (χ3n) is 5.93. The Bertz CT molecular complexity index is 1060. The van der Waals surface area contributed by atoms with Crippen LogP contribution in [0.3, 0.4) is 0 Å². The molecule has 8 nitrogen and oxygen atoms in total. The standard InChI is InChI=1S/C21H22FN7O/c22-17-12-24-7-3-16(17)13-28-8-4-21(5-9-28)10-18-25-20(15-2-1-6-23-11-15)27-29(18)14-19(30)26-21/h1-3,6-7,11-12H,4-5,8-10,13-14H2,(H,26,30). The summed E-state index contributed by atoms with van der Waals surface area (Å²) in [5.74, 6) is 1.07. The number of piperidine rings is 1. The molecule has 1 spiro atoms. The lowest BCUT2D eigenvalue weighted by atomic mass is 9.84. The van der Waals surface area contributed by atoms with Crippen molar-refractivity contribution >= 4 is 5.91 Å². The summed E-state index contributed by atoms with van der Waals surface area (Å²) in [6.07, 6.45) is 8.48. The van der Waals surface area contributed by atoms with Crippen LogP contribution >= 0.6 is 0 Å². The maximum absolute atomic E-state index is 13.9. The lowest BCUT2D eigenvalue weighted by Gasteiger charge is -2.41. The van der Waals surface area contributed by atoms with Gasteiger partial charge in [0.15, 0.2) is 5.82 Å². The summed E-state index contributed by atoms with van der Waals surface area (Å²) in [4.78, 5) is 27.5. The first kappa shape index (κ1) is 18.8. The van der Waals surface area contributed by atoms with Gasteiger partial charge in [0.1, 0.15) is 18.2 Å². The van der Waals surface area contributed by atoms with E-state index in [2.05, 4.69) is 25.3 Å². The first-order valence-electron chi connectivity index (χ1n) is 10.1. The highest BCUT2D eigenvalue weighted by atomic mass is 19.1. The number of hydrogen-bond acceptors (Lipinski definition) is 6. The summed E-state index contributed by atoms with van der Waals surface area (Å²) < 4.78 is 15.6. The molecular formula is C21H22FN7O. The molecule has 0 bridgehead atoms. The SMILES string of the molecule is O=C1Cn2nc(-c3cccnc3)nc2CC2(CCN(Cc3ccncc3F)CC2)N1. The molecule has 1 saturated heterocycles. The predicted octanol–water partition coefficient (Wildman–Crippen LogP) is 1.58. The molecule has 9 heteroatoms. The lowest BCUT2D eigenvalue weighted by Crippen LogP contribution is -2.56. The molecule has 0 saturated carbocycles. The number of nitrogens with one attached hydrogen (secondary N) is 1. The number of carbonyl (C=O) groups excluding carboxylic acids is 1. The molecule has 154 valence electrons. The van der Waals surface area contributed by atoms with Crippen LogP contribution in [0.4, 0.5) is 4.39 Å². The number of rotatable bonds is 3. The van der Waals surface area contributed by atoms with Crippen LogP contribution in [0.1, 0.15) is 24.2 Å². The minimum absolute atomic E-state index is 0.0509. The molecule has 2 aliphatic rings. The number of halogens is 1. The average molecular weight is 407 g/mol. The van der Waals surface area contributed by atoms with E-state index in [0.29, 0.717) is 24.4 Å². The van der Waals surface area contributed by atoms with Gasteiger partial charge in [0.05, 0.1) is 6.20 Å². The van der Waals surface area contributed by atoms with E-state index >= 15 is 0 Å². The molecule has 0 aliphatic carbocycles. The molecule has 1 fully saturated rings. The molecule has 5 heterocycles. The van der Waals surface area contributed by atoms with Gasteiger partial charge in [-0.15, -0.1) is 0 Å². The van der Waals surface area contributed by atoms with Gasteiger partial charge >= 0.3 is 0 Å². The Labute approximate surface area is 173 Å². The highest BCUT2D eigenvalue weighted by Crippen LogP contribution is 2.29. The number of hydrogen-bond donors (Lipinski definition) is 1. The van der Waals surface area contributed by atoms with Gasteiger partial charge in [-0.2, -0.15) is 5.10 Å². The van der Waals surface area contributed by atoms with Gasteiger partial charge in [-0.3, -0.25) is 19.7 Å². The van der Waals surface area contributed by atoms with Crippen molar-refractivity contribution in [2.24, 2.45) is 0 Å². The van der Waals surface area contributed by atoms with E-state index in [4.69, 9.17) is 4.98 Å². The van der Waals surface area contributed by atoms with E-state index < -0.39 is 0 Å².